The number of nitrogens with zero attached hydrogens (tertiary/aromatic N) is 1. The summed E-state index contributed by atoms with van der Waals surface area (Å²) in [4.78, 5) is 16.8. The first-order chi connectivity index (χ1) is 7.34. The van der Waals surface area contributed by atoms with E-state index in [9.17, 15) is 9.18 Å². The lowest BCUT2D eigenvalue weighted by molar-refractivity contribution is -0.211. The highest BCUT2D eigenvalue weighted by atomic mass is 19.1. The van der Waals surface area contributed by atoms with E-state index in [1.165, 1.54) is 5.06 Å². The minimum absolute atomic E-state index is 0.235. The highest BCUT2D eigenvalue weighted by Gasteiger charge is 2.32. The van der Waals surface area contributed by atoms with Crippen LogP contribution in [-0.2, 0) is 9.63 Å². The minimum atomic E-state index is -0.880. The molecule has 5 heteroatoms. The molecule has 16 heavy (non-hydrogen) atoms. The van der Waals surface area contributed by atoms with E-state index in [-0.39, 0.29) is 18.4 Å². The van der Waals surface area contributed by atoms with Gasteiger partial charge in [0.1, 0.15) is 6.17 Å². The first-order valence-corrected chi connectivity index (χ1v) is 5.66. The second kappa shape index (κ2) is 5.10. The fourth-order valence-corrected chi connectivity index (χ4v) is 1.53. The van der Waals surface area contributed by atoms with Crippen LogP contribution < -0.4 is 5.73 Å². The Balaban J connectivity index is 2.48. The zero-order valence-electron chi connectivity index (χ0n) is 10.2. The summed E-state index contributed by atoms with van der Waals surface area (Å²) in [6, 6.07) is 0. The van der Waals surface area contributed by atoms with Crippen molar-refractivity contribution < 1.29 is 14.0 Å². The smallest absolute Gasteiger partial charge is 0.330 e. The Morgan fingerprint density at radius 3 is 2.69 bits per heavy atom. The van der Waals surface area contributed by atoms with Crippen molar-refractivity contribution in [2.45, 2.75) is 33.4 Å². The lowest BCUT2D eigenvalue weighted by Gasteiger charge is -2.34. The minimum Gasteiger partial charge on any atom is -0.367 e. The summed E-state index contributed by atoms with van der Waals surface area (Å²) in [5.41, 5.74) is 4.93. The fraction of sp³-hybridized carbons (Fsp3) is 0.909. The number of carbonyl (C=O) groups is 1. The van der Waals surface area contributed by atoms with Crippen molar-refractivity contribution in [2.75, 3.05) is 19.6 Å². The predicted octanol–water partition coefficient (Wildman–Crippen LogP) is 1.11. The number of carbonyl (C=O) groups excluding carboxylic acids is 1. The number of hydrogen-bond acceptors (Lipinski definition) is 4. The Morgan fingerprint density at radius 2 is 2.19 bits per heavy atom. The van der Waals surface area contributed by atoms with E-state index in [1.54, 1.807) is 20.8 Å². The normalized spacial score (nSPS) is 27.8. The van der Waals surface area contributed by atoms with Crippen molar-refractivity contribution in [3.05, 3.63) is 0 Å². The molecule has 0 saturated carbocycles. The number of nitrogens with two attached hydrogens (primary N) is 1. The molecule has 0 radical (unpaired) electrons. The summed E-state index contributed by atoms with van der Waals surface area (Å²) >= 11 is 0. The molecule has 94 valence electrons. The van der Waals surface area contributed by atoms with Crippen LogP contribution in [0.15, 0.2) is 0 Å². The molecule has 2 atom stereocenters. The van der Waals surface area contributed by atoms with Gasteiger partial charge in [-0.05, 0) is 33.7 Å². The summed E-state index contributed by atoms with van der Waals surface area (Å²) in [5, 5.41) is 1.53. The molecule has 2 N–H and O–H groups in total. The van der Waals surface area contributed by atoms with E-state index in [0.717, 1.165) is 0 Å². The molecule has 0 aliphatic carbocycles. The van der Waals surface area contributed by atoms with E-state index in [2.05, 4.69) is 0 Å². The van der Waals surface area contributed by atoms with Gasteiger partial charge < -0.3 is 10.6 Å². The second-order valence-electron chi connectivity index (χ2n) is 5.32. The van der Waals surface area contributed by atoms with Crippen molar-refractivity contribution >= 4 is 5.97 Å². The van der Waals surface area contributed by atoms with Crippen molar-refractivity contribution in [2.24, 2.45) is 17.1 Å². The summed E-state index contributed by atoms with van der Waals surface area (Å²) in [5.74, 6) is -0.526. The third-order valence-corrected chi connectivity index (χ3v) is 2.73. The lowest BCUT2D eigenvalue weighted by Crippen LogP contribution is -2.46. The average Bonchev–Trinajstić information content (AvgIpc) is 2.19. The molecule has 1 aliphatic heterocycles. The van der Waals surface area contributed by atoms with Gasteiger partial charge in [-0.15, -0.1) is 5.06 Å². The van der Waals surface area contributed by atoms with Gasteiger partial charge in [0.25, 0.3) is 0 Å². The maximum atomic E-state index is 13.3. The van der Waals surface area contributed by atoms with Crippen molar-refractivity contribution in [3.63, 3.8) is 0 Å². The molecule has 2 unspecified atom stereocenters. The number of piperidine rings is 1. The quantitative estimate of drug-likeness (QED) is 0.775. The van der Waals surface area contributed by atoms with E-state index in [4.69, 9.17) is 10.6 Å². The van der Waals surface area contributed by atoms with Crippen LogP contribution in [0, 0.1) is 11.3 Å². The molecule has 1 rings (SSSR count). The monoisotopic (exact) mass is 232 g/mol. The summed E-state index contributed by atoms with van der Waals surface area (Å²) in [6.45, 7) is 6.48. The Bertz CT molecular complexity index is 253. The molecule has 1 fully saturated rings. The predicted molar refractivity (Wildman–Crippen MR) is 59.2 cm³/mol. The molecule has 0 spiro atoms. The third-order valence-electron chi connectivity index (χ3n) is 2.73. The van der Waals surface area contributed by atoms with Crippen LogP contribution in [0.5, 0.6) is 0 Å². The highest BCUT2D eigenvalue weighted by molar-refractivity contribution is 5.75. The third kappa shape index (κ3) is 3.42. The van der Waals surface area contributed by atoms with Crippen molar-refractivity contribution in [3.8, 4) is 0 Å². The van der Waals surface area contributed by atoms with E-state index >= 15 is 0 Å². The molecule has 0 amide bonds. The summed E-state index contributed by atoms with van der Waals surface area (Å²) < 4.78 is 13.3. The standard InChI is InChI=1S/C11H21FN2O2/c1-11(2,3)10(15)16-14-5-4-9(12)8(6-13)7-14/h8-9H,4-7,13H2,1-3H3. The molecule has 0 aromatic rings. The molecule has 1 aliphatic rings. The first kappa shape index (κ1) is 13.4. The SMILES string of the molecule is CC(C)(C)C(=O)ON1CCC(F)C(CN)C1. The van der Waals surface area contributed by atoms with Crippen molar-refractivity contribution in [1.29, 1.82) is 0 Å². The highest BCUT2D eigenvalue weighted by Crippen LogP contribution is 2.22. The Hall–Kier alpha value is -0.680. The Labute approximate surface area is 95.9 Å². The van der Waals surface area contributed by atoms with Gasteiger partial charge in [0.15, 0.2) is 0 Å². The van der Waals surface area contributed by atoms with Crippen LogP contribution in [0.2, 0.25) is 0 Å². The molecule has 1 saturated heterocycles. The number of halogens is 1. The van der Waals surface area contributed by atoms with Crippen LogP contribution >= 0.6 is 0 Å². The molecule has 0 aromatic carbocycles. The van der Waals surface area contributed by atoms with Gasteiger partial charge in [0.2, 0.25) is 0 Å². The van der Waals surface area contributed by atoms with Crippen LogP contribution in [0.4, 0.5) is 4.39 Å². The van der Waals surface area contributed by atoms with Crippen LogP contribution in [0.25, 0.3) is 0 Å². The zero-order valence-corrected chi connectivity index (χ0v) is 10.2. The van der Waals surface area contributed by atoms with Gasteiger partial charge in [-0.25, -0.2) is 9.18 Å². The van der Waals surface area contributed by atoms with Gasteiger partial charge in [-0.1, -0.05) is 0 Å². The van der Waals surface area contributed by atoms with Gasteiger partial charge in [0, 0.05) is 19.0 Å². The fourth-order valence-electron chi connectivity index (χ4n) is 1.53. The van der Waals surface area contributed by atoms with Gasteiger partial charge in [-0.3, -0.25) is 0 Å². The molecule has 0 aromatic heterocycles. The first-order valence-electron chi connectivity index (χ1n) is 5.66. The van der Waals surface area contributed by atoms with Gasteiger partial charge >= 0.3 is 5.97 Å². The molecule has 4 nitrogen and oxygen atoms in total. The van der Waals surface area contributed by atoms with E-state index in [1.807, 2.05) is 0 Å². The van der Waals surface area contributed by atoms with E-state index in [0.29, 0.717) is 19.5 Å². The molecule has 0 bridgehead atoms. The topological polar surface area (TPSA) is 55.6 Å². The molecular weight excluding hydrogens is 211 g/mol. The zero-order chi connectivity index (χ0) is 12.3. The summed E-state index contributed by atoms with van der Waals surface area (Å²) in [6.07, 6.45) is -0.506. The number of hydroxylamine groups is 2. The number of hydrogen-bond donors (Lipinski definition) is 1. The van der Waals surface area contributed by atoms with Gasteiger partial charge in [0.05, 0.1) is 5.41 Å². The maximum absolute atomic E-state index is 13.3. The van der Waals surface area contributed by atoms with Crippen LogP contribution in [0.1, 0.15) is 27.2 Å². The largest absolute Gasteiger partial charge is 0.367 e. The number of alkyl halides is 1. The molecule has 1 heterocycles. The Kier molecular flexibility index (Phi) is 4.27. The van der Waals surface area contributed by atoms with Crippen molar-refractivity contribution in [1.82, 2.24) is 5.06 Å². The van der Waals surface area contributed by atoms with Crippen LogP contribution in [-0.4, -0.2) is 36.8 Å². The number of rotatable bonds is 2. The van der Waals surface area contributed by atoms with Crippen LogP contribution in [0.3, 0.4) is 0 Å². The molecular formula is C11H21FN2O2. The maximum Gasteiger partial charge on any atom is 0.330 e. The van der Waals surface area contributed by atoms with Gasteiger partial charge in [-0.2, -0.15) is 0 Å². The average molecular weight is 232 g/mol. The summed E-state index contributed by atoms with van der Waals surface area (Å²) in [7, 11) is 0. The van der Waals surface area contributed by atoms with E-state index < -0.39 is 11.6 Å². The lowest BCUT2D eigenvalue weighted by atomic mass is 9.97. The Morgan fingerprint density at radius 1 is 1.56 bits per heavy atom. The second-order valence-corrected chi connectivity index (χ2v) is 5.32.